The lowest BCUT2D eigenvalue weighted by Gasteiger charge is -2.35. The molecule has 6 amide bonds. The largest absolute Gasteiger partial charge is 0.508 e. The molecule has 8 heterocycles. The van der Waals surface area contributed by atoms with Crippen molar-refractivity contribution in [1.29, 1.82) is 0 Å². The first-order valence-corrected chi connectivity index (χ1v) is 26.6. The van der Waals surface area contributed by atoms with Crippen molar-refractivity contribution in [2.45, 2.75) is 81.1 Å². The second kappa shape index (κ2) is 22.2. The van der Waals surface area contributed by atoms with Crippen molar-refractivity contribution >= 4 is 68.8 Å². The van der Waals surface area contributed by atoms with Crippen molar-refractivity contribution in [2.24, 2.45) is 0 Å². The van der Waals surface area contributed by atoms with E-state index in [0.29, 0.717) is 55.5 Å². The Morgan fingerprint density at radius 2 is 1.77 bits per heavy atom. The average Bonchev–Trinajstić information content (AvgIpc) is 3.87. The molecule has 23 heteroatoms. The number of ether oxygens (including phenoxy) is 4. The molecule has 3 unspecified atom stereocenters. The maximum absolute atomic E-state index is 17.2. The van der Waals surface area contributed by atoms with E-state index in [0.717, 1.165) is 23.3 Å². The summed E-state index contributed by atoms with van der Waals surface area (Å²) >= 11 is 0. The van der Waals surface area contributed by atoms with Crippen molar-refractivity contribution in [2.75, 3.05) is 83.1 Å². The zero-order valence-corrected chi connectivity index (χ0v) is 43.9. The summed E-state index contributed by atoms with van der Waals surface area (Å²) in [5.74, 6) is -1.91. The highest BCUT2D eigenvalue weighted by atomic mass is 19.1. The number of aromatic nitrogens is 3. The van der Waals surface area contributed by atoms with Gasteiger partial charge in [-0.3, -0.25) is 44.1 Å². The van der Waals surface area contributed by atoms with Gasteiger partial charge in [0.2, 0.25) is 17.7 Å². The number of hydrogen-bond acceptors (Lipinski definition) is 17. The molecule has 21 nitrogen and oxygen atoms in total. The summed E-state index contributed by atoms with van der Waals surface area (Å²) < 4.78 is 55.9. The Labute approximate surface area is 457 Å². The molecule has 4 N–H and O–H groups in total. The quantitative estimate of drug-likeness (QED) is 0.0397. The number of nitrogens with zero attached hydrogens (tertiary/aromatic N) is 7. The van der Waals surface area contributed by atoms with E-state index in [1.807, 2.05) is 0 Å². The number of imide groups is 2. The monoisotopic (exact) mass is 1100 g/mol. The number of halogens is 2. The van der Waals surface area contributed by atoms with E-state index in [4.69, 9.17) is 30.4 Å². The summed E-state index contributed by atoms with van der Waals surface area (Å²) in [6.45, 7) is 7.13. The number of fused-ring (bicyclic) bond motifs is 6. The third-order valence-corrected chi connectivity index (χ3v) is 15.9. The van der Waals surface area contributed by atoms with Crippen LogP contribution in [0.2, 0.25) is 0 Å². The summed E-state index contributed by atoms with van der Waals surface area (Å²) in [6, 6.07) is 8.97. The van der Waals surface area contributed by atoms with Gasteiger partial charge < -0.3 is 44.5 Å². The number of likely N-dealkylation sites (N-methyl/N-ethyl adjacent to an activating group) is 1. The second-order valence-corrected chi connectivity index (χ2v) is 21.2. The Kier molecular flexibility index (Phi) is 14.9. The van der Waals surface area contributed by atoms with E-state index in [2.05, 4.69) is 48.2 Å². The summed E-state index contributed by atoms with van der Waals surface area (Å²) in [5.41, 5.74) is 0.371. The van der Waals surface area contributed by atoms with Crippen LogP contribution < -0.4 is 25.6 Å². The number of hydrogen-bond donors (Lipinski definition) is 4. The van der Waals surface area contributed by atoms with E-state index in [-0.39, 0.29) is 140 Å². The third-order valence-electron chi connectivity index (χ3n) is 15.9. The molecular weight excluding hydrogens is 1040 g/mol. The number of carbonyl (C=O) groups is 6. The van der Waals surface area contributed by atoms with Crippen molar-refractivity contribution in [3.05, 3.63) is 89.1 Å². The van der Waals surface area contributed by atoms with Crippen LogP contribution in [0.25, 0.3) is 32.9 Å². The van der Waals surface area contributed by atoms with Crippen LogP contribution in [0.3, 0.4) is 0 Å². The highest BCUT2D eigenvalue weighted by Crippen LogP contribution is 2.45. The molecular formula is C57H58F2N10O11. The molecule has 11 rings (SSSR count). The topological polar surface area (TPSA) is 247 Å². The van der Waals surface area contributed by atoms with Crippen LogP contribution in [-0.4, -0.2) is 173 Å². The number of nitrogens with one attached hydrogen (secondary N) is 3. The summed E-state index contributed by atoms with van der Waals surface area (Å²) in [7, 11) is 1.61. The summed E-state index contributed by atoms with van der Waals surface area (Å²) in [4.78, 5) is 97.3. The fourth-order valence-corrected chi connectivity index (χ4v) is 12.1. The maximum Gasteiger partial charge on any atom is 0.409 e. The lowest BCUT2D eigenvalue weighted by atomic mass is 9.94. The SMILES string of the molecule is C#Cc1c(F)ccc2cc(O)cc(-c3ncc4c(N5CC6CCC(C5)N6)nc(OC[C@@]56CC[C@@H](COC(=O)N(C)CCOCCOCCC(=O)Nc7cccc8c7C(=O)N(C7CCC(=O)NC7=O)C8=O)N5CC(=C)C6)nc4c3F)c12. The van der Waals surface area contributed by atoms with Crippen LogP contribution in [-0.2, 0) is 28.6 Å². The number of aromatic hydroxyl groups is 1. The van der Waals surface area contributed by atoms with Crippen LogP contribution in [0.4, 0.5) is 25.1 Å². The molecule has 80 heavy (non-hydrogen) atoms. The van der Waals surface area contributed by atoms with E-state index in [9.17, 15) is 33.9 Å². The smallest absolute Gasteiger partial charge is 0.409 e. The number of piperidine rings is 1. The molecule has 0 spiro atoms. The van der Waals surface area contributed by atoms with Gasteiger partial charge in [-0.25, -0.2) is 13.6 Å². The molecule has 0 radical (unpaired) electrons. The zero-order chi connectivity index (χ0) is 56.0. The van der Waals surface area contributed by atoms with Gasteiger partial charge >= 0.3 is 12.1 Å². The number of pyridine rings is 1. The van der Waals surface area contributed by atoms with Crippen LogP contribution in [0.15, 0.2) is 60.8 Å². The first-order valence-electron chi connectivity index (χ1n) is 26.6. The van der Waals surface area contributed by atoms with Gasteiger partial charge in [0.05, 0.1) is 66.2 Å². The minimum atomic E-state index is -1.14. The highest BCUT2D eigenvalue weighted by molar-refractivity contribution is 6.26. The Morgan fingerprint density at radius 3 is 2.55 bits per heavy atom. The van der Waals surface area contributed by atoms with Gasteiger partial charge in [-0.1, -0.05) is 30.2 Å². The van der Waals surface area contributed by atoms with Gasteiger partial charge in [0.1, 0.15) is 47.9 Å². The van der Waals surface area contributed by atoms with E-state index >= 15 is 8.78 Å². The number of piperazine rings is 1. The highest BCUT2D eigenvalue weighted by Gasteiger charge is 2.52. The van der Waals surface area contributed by atoms with Crippen LogP contribution >= 0.6 is 0 Å². The molecule has 5 saturated heterocycles. The van der Waals surface area contributed by atoms with E-state index in [1.165, 1.54) is 53.6 Å². The van der Waals surface area contributed by atoms with Gasteiger partial charge in [-0.15, -0.1) is 6.42 Å². The molecule has 5 fully saturated rings. The van der Waals surface area contributed by atoms with Crippen molar-refractivity contribution < 1.29 is 61.6 Å². The summed E-state index contributed by atoms with van der Waals surface area (Å²) in [6.07, 6.45) is 10.6. The minimum Gasteiger partial charge on any atom is -0.508 e. The third kappa shape index (κ3) is 10.3. The molecule has 2 aromatic heterocycles. The van der Waals surface area contributed by atoms with Gasteiger partial charge in [-0.2, -0.15) is 9.97 Å². The van der Waals surface area contributed by atoms with Crippen LogP contribution in [0.1, 0.15) is 77.6 Å². The Morgan fingerprint density at radius 1 is 0.988 bits per heavy atom. The lowest BCUT2D eigenvalue weighted by molar-refractivity contribution is -0.136. The van der Waals surface area contributed by atoms with Gasteiger partial charge in [-0.05, 0) is 74.2 Å². The molecule has 3 aromatic carbocycles. The van der Waals surface area contributed by atoms with Crippen molar-refractivity contribution in [3.63, 3.8) is 0 Å². The van der Waals surface area contributed by atoms with Crippen LogP contribution in [0.5, 0.6) is 11.8 Å². The molecule has 6 aliphatic rings. The molecule has 0 saturated carbocycles. The Balaban J connectivity index is 0.666. The number of benzene rings is 3. The molecule has 0 aliphatic carbocycles. The number of rotatable bonds is 18. The lowest BCUT2D eigenvalue weighted by Crippen LogP contribution is -2.54. The number of amides is 6. The predicted molar refractivity (Wildman–Crippen MR) is 286 cm³/mol. The summed E-state index contributed by atoms with van der Waals surface area (Å²) in [5, 5.41) is 20.2. The number of carbonyl (C=O) groups excluding carboxylic acids is 6. The molecule has 5 atom stereocenters. The average molecular weight is 1100 g/mol. The zero-order valence-electron chi connectivity index (χ0n) is 43.9. The number of phenolic OH excluding ortho intramolecular Hbond substituents is 1. The number of phenols is 1. The Hall–Kier alpha value is -8.17. The molecule has 6 aliphatic heterocycles. The fourth-order valence-electron chi connectivity index (χ4n) is 12.1. The number of terminal acetylenes is 1. The second-order valence-electron chi connectivity index (χ2n) is 21.2. The van der Waals surface area contributed by atoms with Crippen molar-refractivity contribution in [1.82, 2.24) is 40.3 Å². The van der Waals surface area contributed by atoms with Gasteiger partial charge in [0.15, 0.2) is 5.82 Å². The Bertz CT molecular complexity index is 3440. The predicted octanol–water partition coefficient (Wildman–Crippen LogP) is 4.82. The van der Waals surface area contributed by atoms with E-state index < -0.39 is 58.8 Å². The fraction of sp³-hybridized carbons (Fsp3) is 0.421. The van der Waals surface area contributed by atoms with Crippen LogP contribution in [0, 0.1) is 24.0 Å². The standard InChI is InChI=1S/C57H58F2N10O11/c1-4-37-41(58)11-8-32-22-36(70)23-39(46(32)37)49-48(59)50-40(25-60-49)51(67-27-33-9-10-34(28-67)61-33)65-55(64-50)80-30-57-16-14-35(68(57)26-31(2)24-57)29-79-56(76)66(3)17-19-78-21-20-77-18-15-45(72)62-42-7-5-6-38-47(42)54(75)69(53(38)74)43-12-13-44(71)63-52(43)73/h1,5-8,11,22-23,25,33-35,43,61,70H,2,9-10,12-21,24,26-30H2,3H3,(H,62,72)(H,63,71,73)/t33?,34?,35-,43?,57-/m0/s1. The minimum absolute atomic E-state index is 0.00696. The normalized spacial score (nSPS) is 22.4. The number of anilines is 2. The van der Waals surface area contributed by atoms with Crippen molar-refractivity contribution in [3.8, 4) is 35.4 Å². The van der Waals surface area contributed by atoms with E-state index in [1.54, 1.807) is 7.05 Å². The maximum atomic E-state index is 17.2. The van der Waals surface area contributed by atoms with Gasteiger partial charge in [0, 0.05) is 74.9 Å². The first kappa shape index (κ1) is 53.8. The first-order chi connectivity index (χ1) is 38.6. The van der Waals surface area contributed by atoms with Gasteiger partial charge in [0.25, 0.3) is 11.8 Å². The molecule has 2 bridgehead atoms. The molecule has 5 aromatic rings. The molecule has 416 valence electrons.